The van der Waals surface area contributed by atoms with Crippen molar-refractivity contribution in [3.05, 3.63) is 54.6 Å². The summed E-state index contributed by atoms with van der Waals surface area (Å²) in [5, 5.41) is 2.83. The third-order valence-corrected chi connectivity index (χ3v) is 3.15. The number of nitrogens with two attached hydrogens (primary N) is 1. The van der Waals surface area contributed by atoms with Gasteiger partial charge < -0.3 is 5.32 Å². The molecule has 6 nitrogen and oxygen atoms in total. The van der Waals surface area contributed by atoms with E-state index < -0.39 is 0 Å². The maximum absolute atomic E-state index is 11.8. The van der Waals surface area contributed by atoms with Crippen LogP contribution in [0.2, 0.25) is 0 Å². The highest BCUT2D eigenvalue weighted by atomic mass is 16.2. The molecule has 0 saturated carbocycles. The van der Waals surface area contributed by atoms with E-state index in [-0.39, 0.29) is 12.5 Å². The summed E-state index contributed by atoms with van der Waals surface area (Å²) in [4.78, 5) is 18.0. The Hall–Kier alpha value is -2.86. The van der Waals surface area contributed by atoms with Crippen molar-refractivity contribution >= 4 is 28.9 Å². The molecule has 0 bridgehead atoms. The normalized spacial score (nSPS) is 14.4. The molecular formula is C15H15N5O. The van der Waals surface area contributed by atoms with Crippen molar-refractivity contribution in [3.8, 4) is 0 Å². The Morgan fingerprint density at radius 3 is 2.62 bits per heavy atom. The zero-order valence-electron chi connectivity index (χ0n) is 11.3. The summed E-state index contributed by atoms with van der Waals surface area (Å²) in [6, 6.07) is 17.0. The van der Waals surface area contributed by atoms with E-state index in [2.05, 4.69) is 15.7 Å². The van der Waals surface area contributed by atoms with Crippen LogP contribution in [0.25, 0.3) is 0 Å². The van der Waals surface area contributed by atoms with Gasteiger partial charge in [-0.25, -0.2) is 10.8 Å². The van der Waals surface area contributed by atoms with Gasteiger partial charge in [0.25, 0.3) is 0 Å². The first-order valence-electron chi connectivity index (χ1n) is 6.55. The average Bonchev–Trinajstić information content (AvgIpc) is 2.53. The Kier molecular flexibility index (Phi) is 3.53. The SMILES string of the molecule is NNC(=Nc1ccccc1)N1CC(=O)Nc2ccccc21. The Morgan fingerprint density at radius 1 is 1.14 bits per heavy atom. The first-order chi connectivity index (χ1) is 10.3. The largest absolute Gasteiger partial charge is 0.323 e. The molecule has 0 fully saturated rings. The second kappa shape index (κ2) is 5.64. The summed E-state index contributed by atoms with van der Waals surface area (Å²) in [5.41, 5.74) is 4.93. The van der Waals surface area contributed by atoms with E-state index in [0.29, 0.717) is 5.96 Å². The molecule has 1 heterocycles. The standard InChI is InChI=1S/C15H15N5O/c16-19-15(17-11-6-2-1-3-7-11)20-10-14(21)18-12-8-4-5-9-13(12)20/h1-9H,10,16H2,(H,17,19)(H,18,21). The molecule has 0 saturated heterocycles. The summed E-state index contributed by atoms with van der Waals surface area (Å²) in [5.74, 6) is 5.91. The lowest BCUT2D eigenvalue weighted by Crippen LogP contribution is -2.50. The van der Waals surface area contributed by atoms with Gasteiger partial charge in [0.15, 0.2) is 0 Å². The average molecular weight is 281 g/mol. The third kappa shape index (κ3) is 2.70. The quantitative estimate of drug-likeness (QED) is 0.321. The Bertz CT molecular complexity index is 683. The highest BCUT2D eigenvalue weighted by Crippen LogP contribution is 2.29. The molecule has 21 heavy (non-hydrogen) atoms. The molecule has 1 aliphatic rings. The fourth-order valence-electron chi connectivity index (χ4n) is 2.22. The number of anilines is 2. The molecule has 4 N–H and O–H groups in total. The van der Waals surface area contributed by atoms with Crippen LogP contribution in [0.5, 0.6) is 0 Å². The first kappa shape index (κ1) is 13.1. The van der Waals surface area contributed by atoms with Gasteiger partial charge in [-0.3, -0.25) is 15.1 Å². The molecule has 0 aliphatic carbocycles. The van der Waals surface area contributed by atoms with Crippen molar-refractivity contribution in [2.24, 2.45) is 10.8 Å². The number of aliphatic imine (C=N–C) groups is 1. The summed E-state index contributed by atoms with van der Waals surface area (Å²) in [6.45, 7) is 0.160. The van der Waals surface area contributed by atoms with Gasteiger partial charge in [0.2, 0.25) is 11.9 Å². The van der Waals surface area contributed by atoms with Crippen molar-refractivity contribution < 1.29 is 4.79 Å². The van der Waals surface area contributed by atoms with E-state index in [1.807, 2.05) is 54.6 Å². The summed E-state index contributed by atoms with van der Waals surface area (Å²) >= 11 is 0. The number of rotatable bonds is 1. The second-order valence-electron chi connectivity index (χ2n) is 4.57. The number of benzene rings is 2. The van der Waals surface area contributed by atoms with Crippen molar-refractivity contribution in [3.63, 3.8) is 0 Å². The second-order valence-corrected chi connectivity index (χ2v) is 4.57. The predicted octanol–water partition coefficient (Wildman–Crippen LogP) is 1.60. The van der Waals surface area contributed by atoms with Crippen LogP contribution >= 0.6 is 0 Å². The van der Waals surface area contributed by atoms with Crippen molar-refractivity contribution in [2.45, 2.75) is 0 Å². The third-order valence-electron chi connectivity index (χ3n) is 3.15. The van der Waals surface area contributed by atoms with Gasteiger partial charge >= 0.3 is 0 Å². The zero-order valence-corrected chi connectivity index (χ0v) is 11.3. The monoisotopic (exact) mass is 281 g/mol. The maximum atomic E-state index is 11.8. The molecule has 0 radical (unpaired) electrons. The van der Waals surface area contributed by atoms with Gasteiger partial charge in [0.05, 0.1) is 17.1 Å². The topological polar surface area (TPSA) is 82.8 Å². The Balaban J connectivity index is 2.02. The predicted molar refractivity (Wildman–Crippen MR) is 83.3 cm³/mol. The molecular weight excluding hydrogens is 266 g/mol. The van der Waals surface area contributed by atoms with Crippen LogP contribution in [0.3, 0.4) is 0 Å². The van der Waals surface area contributed by atoms with E-state index in [1.165, 1.54) is 0 Å². The van der Waals surface area contributed by atoms with Crippen LogP contribution in [0.15, 0.2) is 59.6 Å². The number of fused-ring (bicyclic) bond motifs is 1. The molecule has 1 amide bonds. The summed E-state index contributed by atoms with van der Waals surface area (Å²) in [7, 11) is 0. The highest BCUT2D eigenvalue weighted by molar-refractivity contribution is 6.11. The van der Waals surface area contributed by atoms with Crippen molar-refractivity contribution in [2.75, 3.05) is 16.8 Å². The molecule has 0 aromatic heterocycles. The summed E-state index contributed by atoms with van der Waals surface area (Å²) < 4.78 is 0. The highest BCUT2D eigenvalue weighted by Gasteiger charge is 2.24. The first-order valence-corrected chi connectivity index (χ1v) is 6.55. The molecule has 6 heteroatoms. The number of carbonyl (C=O) groups is 1. The number of hydrogen-bond donors (Lipinski definition) is 3. The van der Waals surface area contributed by atoms with Gasteiger partial charge in [-0.1, -0.05) is 30.3 Å². The van der Waals surface area contributed by atoms with Crippen molar-refractivity contribution in [1.29, 1.82) is 0 Å². The van der Waals surface area contributed by atoms with Crippen molar-refractivity contribution in [1.82, 2.24) is 5.43 Å². The van der Waals surface area contributed by atoms with Gasteiger partial charge in [-0.05, 0) is 24.3 Å². The maximum Gasteiger partial charge on any atom is 0.244 e. The number of nitrogens with zero attached hydrogens (tertiary/aromatic N) is 2. The van der Waals surface area contributed by atoms with E-state index in [1.54, 1.807) is 4.90 Å². The smallest absolute Gasteiger partial charge is 0.244 e. The number of para-hydroxylation sites is 3. The molecule has 0 unspecified atom stereocenters. The van der Waals surface area contributed by atoms with Crippen LogP contribution in [0.1, 0.15) is 0 Å². The zero-order chi connectivity index (χ0) is 14.7. The minimum Gasteiger partial charge on any atom is -0.323 e. The molecule has 1 aliphatic heterocycles. The lowest BCUT2D eigenvalue weighted by atomic mass is 10.2. The van der Waals surface area contributed by atoms with Crippen LogP contribution < -0.4 is 21.5 Å². The van der Waals surface area contributed by atoms with Gasteiger partial charge in [0, 0.05) is 0 Å². The van der Waals surface area contributed by atoms with E-state index in [9.17, 15) is 4.79 Å². The number of carbonyl (C=O) groups excluding carboxylic acids is 1. The summed E-state index contributed by atoms with van der Waals surface area (Å²) in [6.07, 6.45) is 0. The van der Waals surface area contributed by atoms with E-state index >= 15 is 0 Å². The van der Waals surface area contributed by atoms with E-state index in [4.69, 9.17) is 5.84 Å². The van der Waals surface area contributed by atoms with Crippen LogP contribution in [0, 0.1) is 0 Å². The molecule has 106 valence electrons. The van der Waals surface area contributed by atoms with Crippen LogP contribution in [-0.4, -0.2) is 18.4 Å². The van der Waals surface area contributed by atoms with Crippen LogP contribution in [-0.2, 0) is 4.79 Å². The Labute approximate surface area is 122 Å². The lowest BCUT2D eigenvalue weighted by molar-refractivity contribution is -0.115. The van der Waals surface area contributed by atoms with Gasteiger partial charge in [-0.2, -0.15) is 0 Å². The fraction of sp³-hybridized carbons (Fsp3) is 0.0667. The lowest BCUT2D eigenvalue weighted by Gasteiger charge is -2.30. The minimum atomic E-state index is -0.107. The van der Waals surface area contributed by atoms with Gasteiger partial charge in [0.1, 0.15) is 6.54 Å². The molecule has 3 rings (SSSR count). The van der Waals surface area contributed by atoms with Gasteiger partial charge in [-0.15, -0.1) is 0 Å². The fourth-order valence-corrected chi connectivity index (χ4v) is 2.22. The number of amides is 1. The van der Waals surface area contributed by atoms with Crippen LogP contribution in [0.4, 0.5) is 17.1 Å². The number of hydrazine groups is 1. The molecule has 2 aromatic rings. The molecule has 0 atom stereocenters. The Morgan fingerprint density at radius 2 is 1.86 bits per heavy atom. The number of hydrogen-bond acceptors (Lipinski definition) is 3. The minimum absolute atomic E-state index is 0.107. The molecule has 2 aromatic carbocycles. The van der Waals surface area contributed by atoms with E-state index in [0.717, 1.165) is 17.1 Å². The number of guanidine groups is 1. The molecule has 0 spiro atoms. The number of nitrogens with one attached hydrogen (secondary N) is 2.